The third kappa shape index (κ3) is 1.84. The van der Waals surface area contributed by atoms with Gasteiger partial charge in [-0.15, -0.1) is 19.0 Å². The maximum atomic E-state index is 5.77. The summed E-state index contributed by atoms with van der Waals surface area (Å²) in [5.41, 5.74) is 6.76. The molecule has 1 atom stereocenters. The van der Waals surface area contributed by atoms with E-state index in [4.69, 9.17) is 15.2 Å². The summed E-state index contributed by atoms with van der Waals surface area (Å²) in [6.45, 7) is 3.93. The lowest BCUT2D eigenvalue weighted by Gasteiger charge is -2.06. The van der Waals surface area contributed by atoms with E-state index >= 15 is 0 Å². The van der Waals surface area contributed by atoms with Gasteiger partial charge in [0, 0.05) is 6.04 Å². The largest absolute Gasteiger partial charge is 0.454 e. The number of ether oxygens (including phenoxy) is 2. The Kier molecular flexibility index (Phi) is 3.38. The zero-order chi connectivity index (χ0) is 9.26. The van der Waals surface area contributed by atoms with Gasteiger partial charge >= 0.3 is 0 Å². The number of hydrogen-bond acceptors (Lipinski definition) is 3. The molecule has 0 saturated carbocycles. The molecule has 0 amide bonds. The molecule has 0 aromatic heterocycles. The summed E-state index contributed by atoms with van der Waals surface area (Å²) < 4.78 is 10.4. The normalized spacial score (nSPS) is 14.4. The Labute approximate surface area is 88.9 Å². The van der Waals surface area contributed by atoms with Crippen molar-refractivity contribution in [2.75, 3.05) is 6.79 Å². The highest BCUT2D eigenvalue weighted by molar-refractivity contribution is 5.85. The van der Waals surface area contributed by atoms with Crippen LogP contribution in [0.15, 0.2) is 30.9 Å². The summed E-state index contributed by atoms with van der Waals surface area (Å²) in [5, 5.41) is 0. The van der Waals surface area contributed by atoms with E-state index in [1.165, 1.54) is 0 Å². The second-order valence-electron chi connectivity index (χ2n) is 2.87. The average molecular weight is 214 g/mol. The van der Waals surface area contributed by atoms with Crippen molar-refractivity contribution in [3.8, 4) is 11.5 Å². The quantitative estimate of drug-likeness (QED) is 0.765. The van der Waals surface area contributed by atoms with Gasteiger partial charge in [-0.1, -0.05) is 12.1 Å². The lowest BCUT2D eigenvalue weighted by molar-refractivity contribution is 0.174. The van der Waals surface area contributed by atoms with Crippen LogP contribution in [0.3, 0.4) is 0 Å². The molecule has 0 bridgehead atoms. The predicted molar refractivity (Wildman–Crippen MR) is 56.9 cm³/mol. The van der Waals surface area contributed by atoms with E-state index in [-0.39, 0.29) is 18.4 Å². The average Bonchev–Trinajstić information content (AvgIpc) is 2.63. The van der Waals surface area contributed by atoms with Gasteiger partial charge in [0.25, 0.3) is 0 Å². The van der Waals surface area contributed by atoms with E-state index in [0.717, 1.165) is 17.1 Å². The molecular formula is C10H12ClNO2. The summed E-state index contributed by atoms with van der Waals surface area (Å²) in [7, 11) is 0. The monoisotopic (exact) mass is 213 g/mol. The summed E-state index contributed by atoms with van der Waals surface area (Å²) >= 11 is 0. The van der Waals surface area contributed by atoms with Crippen LogP contribution < -0.4 is 15.2 Å². The van der Waals surface area contributed by atoms with E-state index in [1.54, 1.807) is 6.08 Å². The molecule has 0 saturated heterocycles. The van der Waals surface area contributed by atoms with Crippen molar-refractivity contribution >= 4 is 12.4 Å². The van der Waals surface area contributed by atoms with Gasteiger partial charge in [0.2, 0.25) is 6.79 Å². The van der Waals surface area contributed by atoms with Crippen LogP contribution >= 0.6 is 12.4 Å². The maximum absolute atomic E-state index is 5.77. The first-order valence-electron chi connectivity index (χ1n) is 4.09. The van der Waals surface area contributed by atoms with Crippen molar-refractivity contribution in [2.45, 2.75) is 6.04 Å². The first-order chi connectivity index (χ1) is 6.31. The minimum absolute atomic E-state index is 0. The first kappa shape index (κ1) is 10.9. The van der Waals surface area contributed by atoms with Gasteiger partial charge in [-0.3, -0.25) is 0 Å². The van der Waals surface area contributed by atoms with Gasteiger partial charge < -0.3 is 15.2 Å². The molecule has 0 fully saturated rings. The molecule has 1 heterocycles. The lowest BCUT2D eigenvalue weighted by Crippen LogP contribution is -2.05. The molecule has 0 radical (unpaired) electrons. The Bertz CT molecular complexity index is 341. The number of rotatable bonds is 2. The van der Waals surface area contributed by atoms with Crippen molar-refractivity contribution in [3.63, 3.8) is 0 Å². The fourth-order valence-corrected chi connectivity index (χ4v) is 1.26. The Hall–Kier alpha value is -1.19. The molecule has 14 heavy (non-hydrogen) atoms. The molecule has 1 aliphatic heterocycles. The van der Waals surface area contributed by atoms with E-state index in [1.807, 2.05) is 18.2 Å². The standard InChI is InChI=1S/C10H11NO2.ClH/c1-2-8(11)7-3-4-9-10(5-7)13-6-12-9;/h2-5,8H,1,6,11H2;1H/t8-;/m0./s1. The van der Waals surface area contributed by atoms with Gasteiger partial charge in [-0.05, 0) is 17.7 Å². The van der Waals surface area contributed by atoms with Crippen LogP contribution in [0.5, 0.6) is 11.5 Å². The van der Waals surface area contributed by atoms with Crippen LogP contribution in [0.25, 0.3) is 0 Å². The van der Waals surface area contributed by atoms with Crippen LogP contribution in [0, 0.1) is 0 Å². The zero-order valence-electron chi connectivity index (χ0n) is 7.60. The van der Waals surface area contributed by atoms with Gasteiger partial charge in [-0.25, -0.2) is 0 Å². The molecule has 1 aromatic carbocycles. The van der Waals surface area contributed by atoms with Gasteiger partial charge in [-0.2, -0.15) is 0 Å². The maximum Gasteiger partial charge on any atom is 0.231 e. The second kappa shape index (κ2) is 4.35. The third-order valence-electron chi connectivity index (χ3n) is 2.04. The molecule has 0 aliphatic carbocycles. The van der Waals surface area contributed by atoms with Gasteiger partial charge in [0.15, 0.2) is 11.5 Å². The Balaban J connectivity index is 0.000000980. The highest BCUT2D eigenvalue weighted by Crippen LogP contribution is 2.33. The summed E-state index contributed by atoms with van der Waals surface area (Å²) in [5.74, 6) is 1.54. The third-order valence-corrected chi connectivity index (χ3v) is 2.04. The van der Waals surface area contributed by atoms with Crippen molar-refractivity contribution in [3.05, 3.63) is 36.4 Å². The van der Waals surface area contributed by atoms with Crippen molar-refractivity contribution in [2.24, 2.45) is 5.73 Å². The molecule has 2 N–H and O–H groups in total. The van der Waals surface area contributed by atoms with Crippen molar-refractivity contribution < 1.29 is 9.47 Å². The summed E-state index contributed by atoms with van der Waals surface area (Å²) in [6.07, 6.45) is 1.69. The summed E-state index contributed by atoms with van der Waals surface area (Å²) in [4.78, 5) is 0. The Morgan fingerprint density at radius 1 is 1.36 bits per heavy atom. The molecule has 4 heteroatoms. The van der Waals surface area contributed by atoms with E-state index in [9.17, 15) is 0 Å². The summed E-state index contributed by atoms with van der Waals surface area (Å²) in [6, 6.07) is 5.52. The molecule has 76 valence electrons. The van der Waals surface area contributed by atoms with Crippen LogP contribution in [0.4, 0.5) is 0 Å². The smallest absolute Gasteiger partial charge is 0.231 e. The van der Waals surface area contributed by atoms with Gasteiger partial charge in [0.1, 0.15) is 0 Å². The lowest BCUT2D eigenvalue weighted by atomic mass is 10.1. The van der Waals surface area contributed by atoms with Crippen LogP contribution in [-0.4, -0.2) is 6.79 Å². The number of benzene rings is 1. The van der Waals surface area contributed by atoms with Crippen molar-refractivity contribution in [1.82, 2.24) is 0 Å². The second-order valence-corrected chi connectivity index (χ2v) is 2.87. The molecule has 1 aromatic rings. The number of nitrogens with two attached hydrogens (primary N) is 1. The highest BCUT2D eigenvalue weighted by atomic mass is 35.5. The molecule has 0 unspecified atom stereocenters. The molecule has 3 nitrogen and oxygen atoms in total. The van der Waals surface area contributed by atoms with E-state index in [2.05, 4.69) is 6.58 Å². The molecule has 1 aliphatic rings. The SMILES string of the molecule is C=C[C@H](N)c1ccc2c(c1)OCO2.Cl. The fraction of sp³-hybridized carbons (Fsp3) is 0.200. The Morgan fingerprint density at radius 3 is 2.79 bits per heavy atom. The highest BCUT2D eigenvalue weighted by Gasteiger charge is 2.14. The molecule has 0 spiro atoms. The van der Waals surface area contributed by atoms with Crippen molar-refractivity contribution in [1.29, 1.82) is 0 Å². The minimum Gasteiger partial charge on any atom is -0.454 e. The Morgan fingerprint density at radius 2 is 2.07 bits per heavy atom. The number of hydrogen-bond donors (Lipinski definition) is 1. The zero-order valence-corrected chi connectivity index (χ0v) is 8.42. The van der Waals surface area contributed by atoms with E-state index < -0.39 is 0 Å². The molecular weight excluding hydrogens is 202 g/mol. The minimum atomic E-state index is -0.144. The number of halogens is 1. The van der Waals surface area contributed by atoms with Crippen LogP contribution in [-0.2, 0) is 0 Å². The topological polar surface area (TPSA) is 44.5 Å². The van der Waals surface area contributed by atoms with Crippen LogP contribution in [0.1, 0.15) is 11.6 Å². The van der Waals surface area contributed by atoms with E-state index in [0.29, 0.717) is 6.79 Å². The fourth-order valence-electron chi connectivity index (χ4n) is 1.26. The predicted octanol–water partition coefficient (Wildman–Crippen LogP) is 2.02. The van der Waals surface area contributed by atoms with Gasteiger partial charge in [0.05, 0.1) is 0 Å². The van der Waals surface area contributed by atoms with Crippen LogP contribution in [0.2, 0.25) is 0 Å². The number of fused-ring (bicyclic) bond motifs is 1. The first-order valence-corrected chi connectivity index (χ1v) is 4.09. The molecule has 2 rings (SSSR count).